The van der Waals surface area contributed by atoms with Crippen LogP contribution in [0.25, 0.3) is 0 Å². The average Bonchev–Trinajstić information content (AvgIpc) is 3.45. The average molecular weight is 491 g/mol. The van der Waals surface area contributed by atoms with Crippen molar-refractivity contribution in [2.75, 3.05) is 26.7 Å². The van der Waals surface area contributed by atoms with E-state index in [2.05, 4.69) is 32.7 Å². The third-order valence-electron chi connectivity index (χ3n) is 5.25. The molecule has 0 unspecified atom stereocenters. The second kappa shape index (κ2) is 11.3. The smallest absolute Gasteiger partial charge is 0.191 e. The van der Waals surface area contributed by atoms with Gasteiger partial charge in [0.05, 0.1) is 0 Å². The number of aliphatic imine (C=N–C) groups is 1. The molecule has 1 aromatic carbocycles. The quantitative estimate of drug-likeness (QED) is 0.259. The van der Waals surface area contributed by atoms with Crippen LogP contribution in [0.5, 0.6) is 0 Å². The summed E-state index contributed by atoms with van der Waals surface area (Å²) in [5.41, 5.74) is 1.34. The summed E-state index contributed by atoms with van der Waals surface area (Å²) in [7, 11) is 1.87. The molecule has 2 aliphatic rings. The van der Waals surface area contributed by atoms with Crippen molar-refractivity contribution in [2.45, 2.75) is 51.1 Å². The van der Waals surface area contributed by atoms with Crippen LogP contribution in [0.3, 0.4) is 0 Å². The highest BCUT2D eigenvalue weighted by molar-refractivity contribution is 14.0. The van der Waals surface area contributed by atoms with E-state index in [1.54, 1.807) is 0 Å². The Morgan fingerprint density at radius 2 is 1.85 bits per heavy atom. The number of likely N-dealkylation sites (tertiary alicyclic amines) is 1. The van der Waals surface area contributed by atoms with Gasteiger partial charge in [-0.1, -0.05) is 36.6 Å². The zero-order chi connectivity index (χ0) is 17.5. The van der Waals surface area contributed by atoms with Gasteiger partial charge in [-0.05, 0) is 49.3 Å². The second-order valence-electron chi connectivity index (χ2n) is 7.41. The lowest BCUT2D eigenvalue weighted by atomic mass is 10.0. The molecule has 4 nitrogen and oxygen atoms in total. The molecular weight excluding hydrogens is 459 g/mol. The summed E-state index contributed by atoms with van der Waals surface area (Å²) in [6.07, 6.45) is 7.84. The molecule has 1 aromatic rings. The molecule has 3 rings (SSSR count). The van der Waals surface area contributed by atoms with Gasteiger partial charge in [0, 0.05) is 44.3 Å². The van der Waals surface area contributed by atoms with Crippen molar-refractivity contribution in [3.63, 3.8) is 0 Å². The van der Waals surface area contributed by atoms with Gasteiger partial charge < -0.3 is 10.6 Å². The molecule has 6 heteroatoms. The number of halogens is 2. The molecule has 0 spiro atoms. The van der Waals surface area contributed by atoms with Gasteiger partial charge >= 0.3 is 0 Å². The van der Waals surface area contributed by atoms with Gasteiger partial charge in [-0.15, -0.1) is 24.0 Å². The summed E-state index contributed by atoms with van der Waals surface area (Å²) in [5, 5.41) is 7.87. The molecule has 0 bridgehead atoms. The second-order valence-corrected chi connectivity index (χ2v) is 7.84. The lowest BCUT2D eigenvalue weighted by molar-refractivity contribution is 0.198. The minimum Gasteiger partial charge on any atom is -0.356 e. The van der Waals surface area contributed by atoms with Crippen LogP contribution in [-0.2, 0) is 6.54 Å². The fraction of sp³-hybridized carbons (Fsp3) is 0.650. The Morgan fingerprint density at radius 3 is 2.46 bits per heavy atom. The van der Waals surface area contributed by atoms with Crippen LogP contribution >= 0.6 is 35.6 Å². The maximum atomic E-state index is 5.96. The molecule has 1 saturated carbocycles. The van der Waals surface area contributed by atoms with Gasteiger partial charge in [-0.3, -0.25) is 9.89 Å². The summed E-state index contributed by atoms with van der Waals surface area (Å²) in [6.45, 7) is 4.29. The molecule has 2 fully saturated rings. The molecule has 2 N–H and O–H groups in total. The summed E-state index contributed by atoms with van der Waals surface area (Å²) in [4.78, 5) is 6.90. The van der Waals surface area contributed by atoms with E-state index in [4.69, 9.17) is 11.6 Å². The highest BCUT2D eigenvalue weighted by Gasteiger charge is 2.21. The number of guanidine groups is 1. The van der Waals surface area contributed by atoms with Crippen LogP contribution in [-0.4, -0.2) is 43.6 Å². The number of nitrogens with one attached hydrogen (secondary N) is 2. The molecule has 1 aliphatic carbocycles. The van der Waals surface area contributed by atoms with Gasteiger partial charge in [0.15, 0.2) is 5.96 Å². The van der Waals surface area contributed by atoms with Crippen LogP contribution < -0.4 is 10.6 Å². The van der Waals surface area contributed by atoms with Crippen LogP contribution in [0.4, 0.5) is 0 Å². The first-order valence-corrected chi connectivity index (χ1v) is 10.0. The van der Waals surface area contributed by atoms with E-state index < -0.39 is 0 Å². The standard InChI is InChI=1S/C20H31ClN4.HI/c1-22-20(23-12-2-3-16-4-5-16)24-19-10-13-25(14-11-19)15-17-6-8-18(21)9-7-17;/h6-9,16,19H,2-5,10-15H2,1H3,(H2,22,23,24);1H. The molecule has 1 saturated heterocycles. The Hall–Kier alpha value is -0.530. The highest BCUT2D eigenvalue weighted by atomic mass is 127. The lowest BCUT2D eigenvalue weighted by Gasteiger charge is -2.33. The van der Waals surface area contributed by atoms with E-state index in [1.165, 1.54) is 31.2 Å². The van der Waals surface area contributed by atoms with Crippen molar-refractivity contribution in [1.29, 1.82) is 0 Å². The summed E-state index contributed by atoms with van der Waals surface area (Å²) in [5.74, 6) is 1.98. The number of piperidine rings is 1. The van der Waals surface area contributed by atoms with Crippen molar-refractivity contribution in [3.8, 4) is 0 Å². The van der Waals surface area contributed by atoms with Crippen molar-refractivity contribution < 1.29 is 0 Å². The van der Waals surface area contributed by atoms with E-state index in [9.17, 15) is 0 Å². The largest absolute Gasteiger partial charge is 0.356 e. The third kappa shape index (κ3) is 7.61. The van der Waals surface area contributed by atoms with Crippen LogP contribution in [0.1, 0.15) is 44.1 Å². The van der Waals surface area contributed by atoms with Crippen molar-refractivity contribution >= 4 is 41.5 Å². The van der Waals surface area contributed by atoms with Gasteiger partial charge in [0.2, 0.25) is 0 Å². The van der Waals surface area contributed by atoms with Crippen LogP contribution in [0.15, 0.2) is 29.3 Å². The molecule has 0 atom stereocenters. The van der Waals surface area contributed by atoms with E-state index in [0.29, 0.717) is 6.04 Å². The molecule has 146 valence electrons. The Labute approximate surface area is 180 Å². The van der Waals surface area contributed by atoms with Crippen molar-refractivity contribution in [2.24, 2.45) is 10.9 Å². The third-order valence-corrected chi connectivity index (χ3v) is 5.50. The minimum atomic E-state index is 0. The molecule has 1 heterocycles. The van der Waals surface area contributed by atoms with E-state index in [0.717, 1.165) is 55.9 Å². The van der Waals surface area contributed by atoms with Crippen LogP contribution in [0, 0.1) is 5.92 Å². The lowest BCUT2D eigenvalue weighted by Crippen LogP contribution is -2.48. The fourth-order valence-electron chi connectivity index (χ4n) is 3.48. The fourth-order valence-corrected chi connectivity index (χ4v) is 3.60. The molecule has 26 heavy (non-hydrogen) atoms. The Morgan fingerprint density at radius 1 is 1.15 bits per heavy atom. The van der Waals surface area contributed by atoms with Crippen LogP contribution in [0.2, 0.25) is 5.02 Å². The summed E-state index contributed by atoms with van der Waals surface area (Å²) < 4.78 is 0. The first-order chi connectivity index (χ1) is 12.2. The molecule has 0 radical (unpaired) electrons. The van der Waals surface area contributed by atoms with Gasteiger partial charge in [0.25, 0.3) is 0 Å². The van der Waals surface area contributed by atoms with Gasteiger partial charge in [-0.25, -0.2) is 0 Å². The van der Waals surface area contributed by atoms with Crippen molar-refractivity contribution in [3.05, 3.63) is 34.9 Å². The number of nitrogens with zero attached hydrogens (tertiary/aromatic N) is 2. The summed E-state index contributed by atoms with van der Waals surface area (Å²) >= 11 is 5.96. The Balaban J connectivity index is 0.00000243. The highest BCUT2D eigenvalue weighted by Crippen LogP contribution is 2.33. The molecular formula is C20H32ClIN4. The number of hydrogen-bond donors (Lipinski definition) is 2. The summed E-state index contributed by atoms with van der Waals surface area (Å²) in [6, 6.07) is 8.73. The molecule has 0 aromatic heterocycles. The minimum absolute atomic E-state index is 0. The predicted molar refractivity (Wildman–Crippen MR) is 122 cm³/mol. The Bertz CT molecular complexity index is 551. The van der Waals surface area contributed by atoms with E-state index in [-0.39, 0.29) is 24.0 Å². The van der Waals surface area contributed by atoms with Crippen molar-refractivity contribution in [1.82, 2.24) is 15.5 Å². The van der Waals surface area contributed by atoms with E-state index >= 15 is 0 Å². The number of benzene rings is 1. The first-order valence-electron chi connectivity index (χ1n) is 9.67. The van der Waals surface area contributed by atoms with Gasteiger partial charge in [-0.2, -0.15) is 0 Å². The molecule has 1 aliphatic heterocycles. The Kier molecular flexibility index (Phi) is 9.50. The predicted octanol–water partition coefficient (Wildman–Crippen LogP) is 4.28. The maximum absolute atomic E-state index is 5.96. The number of hydrogen-bond acceptors (Lipinski definition) is 2. The number of rotatable bonds is 7. The maximum Gasteiger partial charge on any atom is 0.191 e. The monoisotopic (exact) mass is 490 g/mol. The zero-order valence-electron chi connectivity index (χ0n) is 15.7. The molecule has 0 amide bonds. The van der Waals surface area contributed by atoms with E-state index in [1.807, 2.05) is 19.2 Å². The first kappa shape index (κ1) is 21.8. The zero-order valence-corrected chi connectivity index (χ0v) is 18.8. The van der Waals surface area contributed by atoms with Gasteiger partial charge in [0.1, 0.15) is 0 Å². The topological polar surface area (TPSA) is 39.7 Å². The SMILES string of the molecule is CN=C(NCCCC1CC1)NC1CCN(Cc2ccc(Cl)cc2)CC1.I. The normalized spacial score (nSPS) is 19.1.